The fourth-order valence-corrected chi connectivity index (χ4v) is 2.75. The summed E-state index contributed by atoms with van der Waals surface area (Å²) in [6, 6.07) is 4.84. The number of hydrogen-bond donors (Lipinski definition) is 1. The molecule has 1 heterocycles. The Hall–Kier alpha value is -1.54. The zero-order chi connectivity index (χ0) is 14.9. The van der Waals surface area contributed by atoms with Crippen LogP contribution in [0, 0.1) is 0 Å². The molecule has 1 aromatic heterocycles. The molecule has 20 heavy (non-hydrogen) atoms. The van der Waals surface area contributed by atoms with E-state index in [1.165, 1.54) is 27.1 Å². The van der Waals surface area contributed by atoms with E-state index >= 15 is 0 Å². The first-order valence-corrected chi connectivity index (χ1v) is 7.65. The highest BCUT2D eigenvalue weighted by molar-refractivity contribution is 9.10. The number of carbonyl (C=O) groups is 1. The second kappa shape index (κ2) is 5.84. The maximum Gasteiger partial charge on any atom is 0.346 e. The number of aromatic carboxylic acids is 1. The van der Waals surface area contributed by atoms with Gasteiger partial charge in [-0.2, -0.15) is 0 Å². The van der Waals surface area contributed by atoms with Gasteiger partial charge in [0.2, 0.25) is 0 Å². The van der Waals surface area contributed by atoms with Crippen LogP contribution >= 0.6 is 27.7 Å². The van der Waals surface area contributed by atoms with Crippen LogP contribution < -0.4 is 5.69 Å². The quantitative estimate of drug-likeness (QED) is 0.844. The van der Waals surface area contributed by atoms with E-state index in [4.69, 9.17) is 0 Å². The Labute approximate surface area is 127 Å². The molecule has 0 fully saturated rings. The van der Waals surface area contributed by atoms with Gasteiger partial charge in [-0.3, -0.25) is 4.57 Å². The molecule has 0 aliphatic rings. The SMILES string of the molecule is CSc1nn(Cc2cc(Br)ccc2C(=O)O)c(=O)n1C. The highest BCUT2D eigenvalue weighted by Gasteiger charge is 2.14. The van der Waals surface area contributed by atoms with Crippen LogP contribution in [-0.4, -0.2) is 31.7 Å². The number of halogens is 1. The first-order chi connectivity index (χ1) is 9.43. The molecule has 106 valence electrons. The Kier molecular flexibility index (Phi) is 4.34. The molecule has 0 unspecified atom stereocenters. The number of carboxylic acids is 1. The lowest BCUT2D eigenvalue weighted by Gasteiger charge is -2.06. The van der Waals surface area contributed by atoms with E-state index < -0.39 is 5.97 Å². The van der Waals surface area contributed by atoms with Gasteiger partial charge in [0.1, 0.15) is 0 Å². The second-order valence-corrected chi connectivity index (χ2v) is 5.78. The smallest absolute Gasteiger partial charge is 0.346 e. The third kappa shape index (κ3) is 2.80. The molecule has 0 bridgehead atoms. The van der Waals surface area contributed by atoms with Crippen molar-refractivity contribution in [2.24, 2.45) is 7.05 Å². The number of nitrogens with zero attached hydrogens (tertiary/aromatic N) is 3. The molecule has 1 aromatic carbocycles. The summed E-state index contributed by atoms with van der Waals surface area (Å²) in [4.78, 5) is 23.2. The van der Waals surface area contributed by atoms with Crippen molar-refractivity contribution in [2.45, 2.75) is 11.7 Å². The monoisotopic (exact) mass is 357 g/mol. The van der Waals surface area contributed by atoms with E-state index in [0.717, 1.165) is 4.47 Å². The summed E-state index contributed by atoms with van der Waals surface area (Å²) in [7, 11) is 1.64. The predicted molar refractivity (Wildman–Crippen MR) is 79.5 cm³/mol. The van der Waals surface area contributed by atoms with Gasteiger partial charge in [-0.1, -0.05) is 27.7 Å². The van der Waals surface area contributed by atoms with E-state index in [2.05, 4.69) is 21.0 Å². The third-order valence-electron chi connectivity index (χ3n) is 2.80. The average molecular weight is 358 g/mol. The van der Waals surface area contributed by atoms with Crippen molar-refractivity contribution >= 4 is 33.7 Å². The van der Waals surface area contributed by atoms with E-state index in [1.54, 1.807) is 19.2 Å². The minimum Gasteiger partial charge on any atom is -0.478 e. The van der Waals surface area contributed by atoms with Gasteiger partial charge < -0.3 is 5.11 Å². The zero-order valence-corrected chi connectivity index (χ0v) is 13.2. The van der Waals surface area contributed by atoms with Crippen LogP contribution in [0.5, 0.6) is 0 Å². The summed E-state index contributed by atoms with van der Waals surface area (Å²) >= 11 is 4.66. The van der Waals surface area contributed by atoms with Crippen molar-refractivity contribution in [3.63, 3.8) is 0 Å². The molecule has 6 nitrogen and oxygen atoms in total. The van der Waals surface area contributed by atoms with Gasteiger partial charge in [-0.05, 0) is 30.0 Å². The molecule has 0 saturated carbocycles. The number of hydrogen-bond acceptors (Lipinski definition) is 4. The van der Waals surface area contributed by atoms with Crippen molar-refractivity contribution in [3.8, 4) is 0 Å². The summed E-state index contributed by atoms with van der Waals surface area (Å²) in [6.07, 6.45) is 1.83. The van der Waals surface area contributed by atoms with Crippen molar-refractivity contribution in [1.29, 1.82) is 0 Å². The van der Waals surface area contributed by atoms with Gasteiger partial charge in [-0.15, -0.1) is 5.10 Å². The standard InChI is InChI=1S/C12H12BrN3O3S/c1-15-11(20-2)14-16(12(15)19)6-7-5-8(13)3-4-9(7)10(17)18/h3-5H,6H2,1-2H3,(H,17,18). The van der Waals surface area contributed by atoms with E-state index in [0.29, 0.717) is 10.7 Å². The molecule has 0 radical (unpaired) electrons. The predicted octanol–water partition coefficient (Wildman–Crippen LogP) is 1.81. The lowest BCUT2D eigenvalue weighted by molar-refractivity contribution is 0.0695. The van der Waals surface area contributed by atoms with Crippen LogP contribution in [0.15, 0.2) is 32.6 Å². The van der Waals surface area contributed by atoms with Gasteiger partial charge in [-0.25, -0.2) is 14.3 Å². The minimum atomic E-state index is -1.03. The third-order valence-corrected chi connectivity index (χ3v) is 4.02. The largest absolute Gasteiger partial charge is 0.478 e. The maximum atomic E-state index is 12.0. The number of carboxylic acid groups (broad SMARTS) is 1. The molecule has 0 amide bonds. The van der Waals surface area contributed by atoms with Crippen LogP contribution in [0.4, 0.5) is 0 Å². The Morgan fingerprint density at radius 1 is 1.50 bits per heavy atom. The first-order valence-electron chi connectivity index (χ1n) is 5.63. The highest BCUT2D eigenvalue weighted by atomic mass is 79.9. The summed E-state index contributed by atoms with van der Waals surface area (Å²) in [5, 5.41) is 13.9. The first kappa shape index (κ1) is 14.9. The van der Waals surface area contributed by atoms with Crippen molar-refractivity contribution < 1.29 is 9.90 Å². The van der Waals surface area contributed by atoms with Gasteiger partial charge in [0.15, 0.2) is 5.16 Å². The molecule has 0 saturated heterocycles. The molecular formula is C12H12BrN3O3S. The lowest BCUT2D eigenvalue weighted by atomic mass is 10.1. The Morgan fingerprint density at radius 3 is 2.75 bits per heavy atom. The van der Waals surface area contributed by atoms with Crippen LogP contribution in [0.1, 0.15) is 15.9 Å². The van der Waals surface area contributed by atoms with Crippen LogP contribution in [0.25, 0.3) is 0 Å². The number of rotatable bonds is 4. The van der Waals surface area contributed by atoms with Crippen molar-refractivity contribution in [2.75, 3.05) is 6.26 Å². The molecule has 1 N–H and O–H groups in total. The maximum absolute atomic E-state index is 12.0. The zero-order valence-electron chi connectivity index (χ0n) is 10.8. The fourth-order valence-electron chi connectivity index (χ4n) is 1.81. The highest BCUT2D eigenvalue weighted by Crippen LogP contribution is 2.18. The van der Waals surface area contributed by atoms with Gasteiger partial charge in [0, 0.05) is 11.5 Å². The van der Waals surface area contributed by atoms with Crippen LogP contribution in [0.3, 0.4) is 0 Å². The Balaban J connectivity index is 2.47. The van der Waals surface area contributed by atoms with Crippen LogP contribution in [0.2, 0.25) is 0 Å². The molecule has 8 heteroatoms. The number of thioether (sulfide) groups is 1. The van der Waals surface area contributed by atoms with Gasteiger partial charge >= 0.3 is 11.7 Å². The summed E-state index contributed by atoms with van der Waals surface area (Å²) in [5.41, 5.74) is 0.418. The number of benzene rings is 1. The van der Waals surface area contributed by atoms with E-state index in [-0.39, 0.29) is 17.8 Å². The topological polar surface area (TPSA) is 77.1 Å². The lowest BCUT2D eigenvalue weighted by Crippen LogP contribution is -2.24. The van der Waals surface area contributed by atoms with E-state index in [1.807, 2.05) is 6.26 Å². The molecule has 2 rings (SSSR count). The Bertz CT molecular complexity index is 723. The normalized spacial score (nSPS) is 10.8. The molecule has 0 spiro atoms. The average Bonchev–Trinajstić information content (AvgIpc) is 2.66. The molecule has 0 aliphatic carbocycles. The van der Waals surface area contributed by atoms with Gasteiger partial charge in [0.25, 0.3) is 0 Å². The van der Waals surface area contributed by atoms with Crippen molar-refractivity contribution in [3.05, 3.63) is 44.3 Å². The number of aromatic nitrogens is 3. The molecule has 0 atom stereocenters. The van der Waals surface area contributed by atoms with Crippen LogP contribution in [-0.2, 0) is 13.6 Å². The molecule has 2 aromatic rings. The summed E-state index contributed by atoms with van der Waals surface area (Å²) in [6.45, 7) is 0.119. The summed E-state index contributed by atoms with van der Waals surface area (Å²) < 4.78 is 3.45. The molecule has 0 aliphatic heterocycles. The second-order valence-electron chi connectivity index (χ2n) is 4.09. The van der Waals surface area contributed by atoms with E-state index in [9.17, 15) is 14.7 Å². The van der Waals surface area contributed by atoms with Crippen molar-refractivity contribution in [1.82, 2.24) is 14.3 Å². The minimum absolute atomic E-state index is 0.119. The Morgan fingerprint density at radius 2 is 2.20 bits per heavy atom. The summed E-state index contributed by atoms with van der Waals surface area (Å²) in [5.74, 6) is -1.03. The fraction of sp³-hybridized carbons (Fsp3) is 0.250. The molecular weight excluding hydrogens is 346 g/mol. The van der Waals surface area contributed by atoms with Gasteiger partial charge in [0.05, 0.1) is 12.1 Å².